The molecule has 0 saturated carbocycles. The van der Waals surface area contributed by atoms with Gasteiger partial charge in [-0.25, -0.2) is 4.98 Å². The van der Waals surface area contributed by atoms with Crippen molar-refractivity contribution in [3.63, 3.8) is 0 Å². The summed E-state index contributed by atoms with van der Waals surface area (Å²) in [5.41, 5.74) is 2.11. The van der Waals surface area contributed by atoms with E-state index in [2.05, 4.69) is 19.6 Å². The summed E-state index contributed by atoms with van der Waals surface area (Å²) in [7, 11) is 1.68. The largest absolute Gasteiger partial charge is 0.497 e. The lowest BCUT2D eigenvalue weighted by Gasteiger charge is -2.22. The molecule has 0 amide bonds. The molecule has 0 radical (unpaired) electrons. The number of nitrogens with zero attached hydrogens (tertiary/aromatic N) is 4. The lowest BCUT2D eigenvalue weighted by atomic mass is 10.1. The Hall–Kier alpha value is -2.60. The van der Waals surface area contributed by atoms with Crippen LogP contribution in [0.1, 0.15) is 36.2 Å². The summed E-state index contributed by atoms with van der Waals surface area (Å²) in [4.78, 5) is 7.01. The average Bonchev–Trinajstić information content (AvgIpc) is 3.36. The highest BCUT2D eigenvalue weighted by molar-refractivity contribution is 5.38. The van der Waals surface area contributed by atoms with Crippen LogP contribution in [0.3, 0.4) is 0 Å². The molecule has 1 aromatic carbocycles. The highest BCUT2D eigenvalue weighted by atomic mass is 16.5. The van der Waals surface area contributed by atoms with Crippen LogP contribution >= 0.6 is 0 Å². The number of benzene rings is 1. The third kappa shape index (κ3) is 3.17. The van der Waals surface area contributed by atoms with Crippen LogP contribution in [0.25, 0.3) is 5.69 Å². The van der Waals surface area contributed by atoms with Gasteiger partial charge in [0, 0.05) is 24.1 Å². The Morgan fingerprint density at radius 1 is 1.28 bits per heavy atom. The molecule has 0 spiro atoms. The van der Waals surface area contributed by atoms with Crippen molar-refractivity contribution >= 4 is 0 Å². The highest BCUT2D eigenvalue weighted by Crippen LogP contribution is 2.32. The molecule has 0 unspecified atom stereocenters. The van der Waals surface area contributed by atoms with E-state index in [4.69, 9.17) is 9.26 Å². The molecule has 25 heavy (non-hydrogen) atoms. The Morgan fingerprint density at radius 2 is 2.12 bits per heavy atom. The maximum absolute atomic E-state index is 5.27. The molecule has 1 aliphatic rings. The molecule has 0 aliphatic carbocycles. The Morgan fingerprint density at radius 3 is 2.84 bits per heavy atom. The molecule has 3 aromatic rings. The normalized spacial score (nSPS) is 17.9. The Kier molecular flexibility index (Phi) is 4.28. The van der Waals surface area contributed by atoms with E-state index in [1.54, 1.807) is 7.11 Å². The number of ether oxygens (including phenoxy) is 1. The quantitative estimate of drug-likeness (QED) is 0.712. The number of rotatable bonds is 5. The average molecular weight is 338 g/mol. The van der Waals surface area contributed by atoms with E-state index in [0.717, 1.165) is 48.2 Å². The molecule has 2 aromatic heterocycles. The maximum Gasteiger partial charge on any atom is 0.133 e. The summed E-state index contributed by atoms with van der Waals surface area (Å²) >= 11 is 0. The maximum atomic E-state index is 5.27. The summed E-state index contributed by atoms with van der Waals surface area (Å²) in [6, 6.07) is 10.4. The molecule has 1 saturated heterocycles. The Balaban J connectivity index is 1.56. The monoisotopic (exact) mass is 338 g/mol. The van der Waals surface area contributed by atoms with Gasteiger partial charge in [0.25, 0.3) is 0 Å². The van der Waals surface area contributed by atoms with Crippen molar-refractivity contribution in [3.8, 4) is 11.4 Å². The number of hydrogen-bond acceptors (Lipinski definition) is 5. The SMILES string of the molecule is COc1ccc(-n2ccnc2CN2CCC[C@@H]2c2cc(C)on2)cc1. The van der Waals surface area contributed by atoms with Gasteiger partial charge in [0.2, 0.25) is 0 Å². The first-order chi connectivity index (χ1) is 12.2. The second-order valence-corrected chi connectivity index (χ2v) is 6.40. The van der Waals surface area contributed by atoms with Crippen LogP contribution in [0.5, 0.6) is 5.75 Å². The zero-order valence-corrected chi connectivity index (χ0v) is 14.6. The van der Waals surface area contributed by atoms with Gasteiger partial charge >= 0.3 is 0 Å². The number of likely N-dealkylation sites (tertiary alicyclic amines) is 1. The van der Waals surface area contributed by atoms with E-state index in [1.165, 1.54) is 6.42 Å². The smallest absolute Gasteiger partial charge is 0.133 e. The van der Waals surface area contributed by atoms with E-state index in [9.17, 15) is 0 Å². The van der Waals surface area contributed by atoms with Gasteiger partial charge in [-0.05, 0) is 50.6 Å². The number of aromatic nitrogens is 3. The van der Waals surface area contributed by atoms with Crippen LogP contribution in [0.15, 0.2) is 47.2 Å². The lowest BCUT2D eigenvalue weighted by Crippen LogP contribution is -2.24. The van der Waals surface area contributed by atoms with E-state index >= 15 is 0 Å². The number of aryl methyl sites for hydroxylation is 1. The molecule has 1 fully saturated rings. The van der Waals surface area contributed by atoms with Crippen molar-refractivity contribution in [1.82, 2.24) is 19.6 Å². The van der Waals surface area contributed by atoms with Crippen molar-refractivity contribution in [2.45, 2.75) is 32.4 Å². The summed E-state index contributed by atoms with van der Waals surface area (Å²) < 4.78 is 12.6. The first-order valence-corrected chi connectivity index (χ1v) is 8.58. The zero-order valence-electron chi connectivity index (χ0n) is 14.6. The summed E-state index contributed by atoms with van der Waals surface area (Å²) in [6.45, 7) is 3.77. The van der Waals surface area contributed by atoms with E-state index in [1.807, 2.05) is 49.6 Å². The molecule has 6 nitrogen and oxygen atoms in total. The first-order valence-electron chi connectivity index (χ1n) is 8.58. The number of hydrogen-bond donors (Lipinski definition) is 0. The molecule has 3 heterocycles. The van der Waals surface area contributed by atoms with E-state index < -0.39 is 0 Å². The third-order valence-corrected chi connectivity index (χ3v) is 4.76. The van der Waals surface area contributed by atoms with Gasteiger partial charge in [-0.1, -0.05) is 5.16 Å². The second kappa shape index (κ2) is 6.72. The number of methoxy groups -OCH3 is 1. The van der Waals surface area contributed by atoms with Gasteiger partial charge in [0.15, 0.2) is 0 Å². The van der Waals surface area contributed by atoms with Gasteiger partial charge in [0.05, 0.1) is 19.7 Å². The predicted octanol–water partition coefficient (Wildman–Crippen LogP) is 3.51. The fourth-order valence-corrected chi connectivity index (χ4v) is 3.50. The van der Waals surface area contributed by atoms with Gasteiger partial charge in [-0.15, -0.1) is 0 Å². The molecule has 4 rings (SSSR count). The lowest BCUT2D eigenvalue weighted by molar-refractivity contribution is 0.230. The summed E-state index contributed by atoms with van der Waals surface area (Å²) in [5, 5.41) is 4.22. The Bertz CT molecular complexity index is 837. The third-order valence-electron chi connectivity index (χ3n) is 4.76. The molecule has 1 atom stereocenters. The van der Waals surface area contributed by atoms with Crippen molar-refractivity contribution in [3.05, 3.63) is 60.0 Å². The van der Waals surface area contributed by atoms with Crippen molar-refractivity contribution < 1.29 is 9.26 Å². The van der Waals surface area contributed by atoms with Crippen LogP contribution in [0.2, 0.25) is 0 Å². The first kappa shape index (κ1) is 15.9. The molecule has 6 heteroatoms. The van der Waals surface area contributed by atoms with Gasteiger partial charge in [0.1, 0.15) is 23.0 Å². The van der Waals surface area contributed by atoms with Crippen LogP contribution in [0.4, 0.5) is 0 Å². The minimum Gasteiger partial charge on any atom is -0.497 e. The highest BCUT2D eigenvalue weighted by Gasteiger charge is 2.29. The van der Waals surface area contributed by atoms with Crippen molar-refractivity contribution in [1.29, 1.82) is 0 Å². The van der Waals surface area contributed by atoms with Crippen LogP contribution in [0, 0.1) is 6.92 Å². The van der Waals surface area contributed by atoms with Crippen LogP contribution < -0.4 is 4.74 Å². The number of imidazole rings is 1. The predicted molar refractivity (Wildman–Crippen MR) is 93.7 cm³/mol. The van der Waals surface area contributed by atoms with Crippen molar-refractivity contribution in [2.75, 3.05) is 13.7 Å². The molecule has 1 aliphatic heterocycles. The van der Waals surface area contributed by atoms with Gasteiger partial charge < -0.3 is 13.8 Å². The summed E-state index contributed by atoms with van der Waals surface area (Å²) in [6.07, 6.45) is 6.13. The zero-order chi connectivity index (χ0) is 17.2. The topological polar surface area (TPSA) is 56.3 Å². The fraction of sp³-hybridized carbons (Fsp3) is 0.368. The Labute approximate surface area is 147 Å². The summed E-state index contributed by atoms with van der Waals surface area (Å²) in [5.74, 6) is 2.74. The van der Waals surface area contributed by atoms with Gasteiger partial charge in [-0.2, -0.15) is 0 Å². The minimum atomic E-state index is 0.304. The molecular formula is C19H22N4O2. The van der Waals surface area contributed by atoms with Crippen LogP contribution in [-0.4, -0.2) is 33.3 Å². The van der Waals surface area contributed by atoms with E-state index in [0.29, 0.717) is 6.04 Å². The minimum absolute atomic E-state index is 0.304. The standard InChI is InChI=1S/C19H22N4O2/c1-14-12-17(21-25-14)18-4-3-10-22(18)13-19-20-9-11-23(19)15-5-7-16(24-2)8-6-15/h5-9,11-12,18H,3-4,10,13H2,1-2H3/t18-/m1/s1. The molecule has 0 bridgehead atoms. The molecule has 0 N–H and O–H groups in total. The fourth-order valence-electron chi connectivity index (χ4n) is 3.50. The molecular weight excluding hydrogens is 316 g/mol. The second-order valence-electron chi connectivity index (χ2n) is 6.40. The molecule has 130 valence electrons. The van der Waals surface area contributed by atoms with Crippen LogP contribution in [-0.2, 0) is 6.54 Å². The van der Waals surface area contributed by atoms with Gasteiger partial charge in [-0.3, -0.25) is 4.90 Å². The van der Waals surface area contributed by atoms with E-state index in [-0.39, 0.29) is 0 Å². The van der Waals surface area contributed by atoms with Crippen molar-refractivity contribution in [2.24, 2.45) is 0 Å².